The van der Waals surface area contributed by atoms with Gasteiger partial charge in [-0.25, -0.2) is 8.78 Å². The van der Waals surface area contributed by atoms with E-state index in [4.69, 9.17) is 10.5 Å². The second kappa shape index (κ2) is 6.12. The SMILES string of the molecule is NCCc1ccc(Oc2cc(F)ccc2F)c(Br)c1. The smallest absolute Gasteiger partial charge is 0.166 e. The van der Waals surface area contributed by atoms with Crippen molar-refractivity contribution in [2.75, 3.05) is 6.54 Å². The Morgan fingerprint density at radius 2 is 1.84 bits per heavy atom. The molecule has 0 aliphatic rings. The van der Waals surface area contributed by atoms with Gasteiger partial charge in [-0.15, -0.1) is 0 Å². The average Bonchev–Trinajstić information content (AvgIpc) is 2.37. The highest BCUT2D eigenvalue weighted by atomic mass is 79.9. The number of halogens is 3. The minimum absolute atomic E-state index is 0.146. The summed E-state index contributed by atoms with van der Waals surface area (Å²) < 4.78 is 32.5. The first-order chi connectivity index (χ1) is 9.10. The molecule has 0 aliphatic carbocycles. The van der Waals surface area contributed by atoms with Gasteiger partial charge in [0.25, 0.3) is 0 Å². The third kappa shape index (κ3) is 3.52. The summed E-state index contributed by atoms with van der Waals surface area (Å²) in [7, 11) is 0. The Bertz CT molecular complexity index is 590. The standard InChI is InChI=1S/C14H12BrF2NO/c15-11-7-9(5-6-18)1-4-13(11)19-14-8-10(16)2-3-12(14)17/h1-4,7-8H,5-6,18H2. The Morgan fingerprint density at radius 1 is 1.05 bits per heavy atom. The molecule has 0 saturated carbocycles. The van der Waals surface area contributed by atoms with E-state index in [-0.39, 0.29) is 5.75 Å². The van der Waals surface area contributed by atoms with Gasteiger partial charge in [0, 0.05) is 6.07 Å². The lowest BCUT2D eigenvalue weighted by Crippen LogP contribution is -2.02. The highest BCUT2D eigenvalue weighted by Crippen LogP contribution is 2.32. The Morgan fingerprint density at radius 3 is 2.53 bits per heavy atom. The number of nitrogens with two attached hydrogens (primary N) is 1. The fourth-order valence-electron chi connectivity index (χ4n) is 1.62. The first-order valence-corrected chi connectivity index (χ1v) is 6.51. The summed E-state index contributed by atoms with van der Waals surface area (Å²) in [5.41, 5.74) is 6.51. The monoisotopic (exact) mass is 327 g/mol. The van der Waals surface area contributed by atoms with Crippen molar-refractivity contribution in [3.63, 3.8) is 0 Å². The van der Waals surface area contributed by atoms with Crippen LogP contribution in [0.1, 0.15) is 5.56 Å². The van der Waals surface area contributed by atoms with Gasteiger partial charge >= 0.3 is 0 Å². The topological polar surface area (TPSA) is 35.2 Å². The molecule has 100 valence electrons. The molecule has 2 rings (SSSR count). The van der Waals surface area contributed by atoms with Crippen molar-refractivity contribution in [1.29, 1.82) is 0 Å². The molecule has 0 heterocycles. The van der Waals surface area contributed by atoms with Gasteiger partial charge in [-0.1, -0.05) is 6.07 Å². The predicted molar refractivity (Wildman–Crippen MR) is 73.3 cm³/mol. The maximum absolute atomic E-state index is 13.5. The van der Waals surface area contributed by atoms with Crippen LogP contribution in [0.2, 0.25) is 0 Å². The lowest BCUT2D eigenvalue weighted by Gasteiger charge is -2.10. The average molecular weight is 328 g/mol. The van der Waals surface area contributed by atoms with Crippen LogP contribution in [0.25, 0.3) is 0 Å². The normalized spacial score (nSPS) is 10.5. The van der Waals surface area contributed by atoms with Gasteiger partial charge in [0.2, 0.25) is 0 Å². The van der Waals surface area contributed by atoms with Gasteiger partial charge in [0.05, 0.1) is 4.47 Å². The lowest BCUT2D eigenvalue weighted by molar-refractivity contribution is 0.434. The van der Waals surface area contributed by atoms with E-state index < -0.39 is 11.6 Å². The minimum Gasteiger partial charge on any atom is -0.453 e. The highest BCUT2D eigenvalue weighted by molar-refractivity contribution is 9.10. The van der Waals surface area contributed by atoms with Gasteiger partial charge < -0.3 is 10.5 Å². The molecule has 0 spiro atoms. The van der Waals surface area contributed by atoms with Crippen molar-refractivity contribution in [2.24, 2.45) is 5.73 Å². The summed E-state index contributed by atoms with van der Waals surface area (Å²) >= 11 is 3.34. The van der Waals surface area contributed by atoms with Crippen molar-refractivity contribution in [3.8, 4) is 11.5 Å². The van der Waals surface area contributed by atoms with Crippen molar-refractivity contribution in [2.45, 2.75) is 6.42 Å². The maximum Gasteiger partial charge on any atom is 0.166 e. The van der Waals surface area contributed by atoms with Gasteiger partial charge in [-0.2, -0.15) is 0 Å². The molecular formula is C14H12BrF2NO. The summed E-state index contributed by atoms with van der Waals surface area (Å²) in [4.78, 5) is 0. The molecule has 0 bridgehead atoms. The first-order valence-electron chi connectivity index (χ1n) is 5.71. The van der Waals surface area contributed by atoms with Crippen molar-refractivity contribution < 1.29 is 13.5 Å². The van der Waals surface area contributed by atoms with Gasteiger partial charge in [-0.3, -0.25) is 0 Å². The van der Waals surface area contributed by atoms with Crippen LogP contribution in [-0.4, -0.2) is 6.54 Å². The second-order valence-corrected chi connectivity index (χ2v) is 4.83. The van der Waals surface area contributed by atoms with Crippen molar-refractivity contribution in [3.05, 3.63) is 58.1 Å². The molecule has 2 aromatic rings. The van der Waals surface area contributed by atoms with E-state index >= 15 is 0 Å². The van der Waals surface area contributed by atoms with E-state index in [1.807, 2.05) is 12.1 Å². The van der Waals surface area contributed by atoms with Crippen LogP contribution < -0.4 is 10.5 Å². The Hall–Kier alpha value is -1.46. The quantitative estimate of drug-likeness (QED) is 0.920. The van der Waals surface area contributed by atoms with E-state index in [9.17, 15) is 8.78 Å². The molecule has 0 aliphatic heterocycles. The summed E-state index contributed by atoms with van der Waals surface area (Å²) in [5.74, 6) is -0.885. The molecule has 5 heteroatoms. The van der Waals surface area contributed by atoms with Crippen LogP contribution >= 0.6 is 15.9 Å². The number of ether oxygens (including phenoxy) is 1. The van der Waals surface area contributed by atoms with E-state index in [2.05, 4.69) is 15.9 Å². The number of benzene rings is 2. The van der Waals surface area contributed by atoms with Gasteiger partial charge in [0.1, 0.15) is 11.6 Å². The van der Waals surface area contributed by atoms with Crippen molar-refractivity contribution >= 4 is 15.9 Å². The molecule has 0 aromatic heterocycles. The molecule has 0 unspecified atom stereocenters. The second-order valence-electron chi connectivity index (χ2n) is 3.98. The molecule has 0 radical (unpaired) electrons. The molecule has 19 heavy (non-hydrogen) atoms. The molecule has 0 fully saturated rings. The maximum atomic E-state index is 13.5. The largest absolute Gasteiger partial charge is 0.453 e. The van der Waals surface area contributed by atoms with E-state index in [0.717, 1.165) is 30.2 Å². The molecule has 0 amide bonds. The Kier molecular flexibility index (Phi) is 4.50. The predicted octanol–water partition coefficient (Wildman–Crippen LogP) is 4.02. The molecule has 2 aromatic carbocycles. The van der Waals surface area contributed by atoms with Crippen LogP contribution in [0, 0.1) is 11.6 Å². The Balaban J connectivity index is 2.25. The summed E-state index contributed by atoms with van der Waals surface area (Å²) in [6.07, 6.45) is 0.743. The zero-order valence-electron chi connectivity index (χ0n) is 10.00. The molecule has 0 saturated heterocycles. The third-order valence-corrected chi connectivity index (χ3v) is 3.16. The fraction of sp³-hybridized carbons (Fsp3) is 0.143. The summed E-state index contributed by atoms with van der Waals surface area (Å²) in [5, 5.41) is 0. The Labute approximate surface area is 118 Å². The summed E-state index contributed by atoms with van der Waals surface area (Å²) in [6, 6.07) is 8.46. The number of rotatable bonds is 4. The molecular weight excluding hydrogens is 316 g/mol. The van der Waals surface area contributed by atoms with Crippen molar-refractivity contribution in [1.82, 2.24) is 0 Å². The fourth-order valence-corrected chi connectivity index (χ4v) is 2.13. The number of hydrogen-bond acceptors (Lipinski definition) is 2. The lowest BCUT2D eigenvalue weighted by atomic mass is 10.1. The van der Waals surface area contributed by atoms with E-state index in [1.54, 1.807) is 6.07 Å². The van der Waals surface area contributed by atoms with Crippen LogP contribution in [-0.2, 0) is 6.42 Å². The van der Waals surface area contributed by atoms with Crippen LogP contribution in [0.15, 0.2) is 40.9 Å². The van der Waals surface area contributed by atoms with Gasteiger partial charge in [0.15, 0.2) is 11.6 Å². The first kappa shape index (κ1) is 14.0. The van der Waals surface area contributed by atoms with Gasteiger partial charge in [-0.05, 0) is 58.7 Å². The third-order valence-electron chi connectivity index (χ3n) is 2.54. The van der Waals surface area contributed by atoms with Crippen LogP contribution in [0.3, 0.4) is 0 Å². The molecule has 0 atom stereocenters. The molecule has 2 nitrogen and oxygen atoms in total. The number of hydrogen-bond donors (Lipinski definition) is 1. The molecule has 2 N–H and O–H groups in total. The zero-order chi connectivity index (χ0) is 13.8. The zero-order valence-corrected chi connectivity index (χ0v) is 11.6. The van der Waals surface area contributed by atoms with Crippen LogP contribution in [0.5, 0.6) is 11.5 Å². The highest BCUT2D eigenvalue weighted by Gasteiger charge is 2.09. The minimum atomic E-state index is -0.612. The summed E-state index contributed by atoms with van der Waals surface area (Å²) in [6.45, 7) is 0.547. The van der Waals surface area contributed by atoms with E-state index in [0.29, 0.717) is 16.8 Å². The van der Waals surface area contributed by atoms with Crippen LogP contribution in [0.4, 0.5) is 8.78 Å². The van der Waals surface area contributed by atoms with E-state index in [1.165, 1.54) is 0 Å².